The summed E-state index contributed by atoms with van der Waals surface area (Å²) < 4.78 is 10.7. The second kappa shape index (κ2) is 6.26. The first kappa shape index (κ1) is 15.7. The molecule has 25 heavy (non-hydrogen) atoms. The molecule has 1 aromatic heterocycles. The third kappa shape index (κ3) is 2.87. The number of aromatic nitrogens is 1. The van der Waals surface area contributed by atoms with Crippen LogP contribution >= 0.6 is 0 Å². The minimum absolute atomic E-state index is 0.0670. The Morgan fingerprint density at radius 2 is 1.80 bits per heavy atom. The highest BCUT2D eigenvalue weighted by molar-refractivity contribution is 6.26. The fourth-order valence-electron chi connectivity index (χ4n) is 3.01. The predicted molar refractivity (Wildman–Crippen MR) is 91.0 cm³/mol. The summed E-state index contributed by atoms with van der Waals surface area (Å²) in [5, 5.41) is 0. The maximum Gasteiger partial charge on any atom is 0.213 e. The summed E-state index contributed by atoms with van der Waals surface area (Å²) >= 11 is 0. The summed E-state index contributed by atoms with van der Waals surface area (Å²) in [7, 11) is 0. The molecule has 4 rings (SSSR count). The van der Waals surface area contributed by atoms with Gasteiger partial charge in [0.05, 0.1) is 13.2 Å². The van der Waals surface area contributed by atoms with Crippen molar-refractivity contribution >= 4 is 11.6 Å². The molecule has 2 heterocycles. The summed E-state index contributed by atoms with van der Waals surface area (Å²) in [6, 6.07) is 10.6. The molecule has 0 spiro atoms. The van der Waals surface area contributed by atoms with E-state index in [0.29, 0.717) is 47.8 Å². The Labute approximate surface area is 145 Å². The van der Waals surface area contributed by atoms with Gasteiger partial charge in [-0.2, -0.15) is 0 Å². The van der Waals surface area contributed by atoms with Crippen LogP contribution in [0.25, 0.3) is 0 Å². The number of rotatable bonds is 4. The van der Waals surface area contributed by atoms with E-state index in [2.05, 4.69) is 4.98 Å². The van der Waals surface area contributed by atoms with Crippen LogP contribution < -0.4 is 4.74 Å². The first-order valence-corrected chi connectivity index (χ1v) is 8.21. The van der Waals surface area contributed by atoms with Crippen molar-refractivity contribution < 1.29 is 19.1 Å². The quantitative estimate of drug-likeness (QED) is 0.859. The number of hydrogen-bond acceptors (Lipinski definition) is 5. The number of ketones is 2. The third-order valence-corrected chi connectivity index (χ3v) is 4.56. The Kier molecular flexibility index (Phi) is 3.93. The van der Waals surface area contributed by atoms with E-state index >= 15 is 0 Å². The second-order valence-corrected chi connectivity index (χ2v) is 6.27. The molecule has 0 saturated carbocycles. The Hall–Kier alpha value is -2.79. The Bertz CT molecular complexity index is 879. The molecule has 1 aromatic carbocycles. The Morgan fingerprint density at radius 1 is 1.08 bits per heavy atom. The molecule has 0 amide bonds. The summed E-state index contributed by atoms with van der Waals surface area (Å²) in [5.41, 5.74) is 2.87. The Balaban J connectivity index is 1.56. The summed E-state index contributed by atoms with van der Waals surface area (Å²) in [6.45, 7) is 2.89. The first-order valence-electron chi connectivity index (χ1n) is 8.21. The second-order valence-electron chi connectivity index (χ2n) is 6.27. The van der Waals surface area contributed by atoms with Crippen LogP contribution in [0.1, 0.15) is 33.2 Å². The molecule has 0 bridgehead atoms. The highest BCUT2D eigenvalue weighted by atomic mass is 16.6. The maximum atomic E-state index is 12.8. The van der Waals surface area contributed by atoms with Crippen LogP contribution in [-0.4, -0.2) is 35.9 Å². The maximum absolute atomic E-state index is 12.8. The van der Waals surface area contributed by atoms with Crippen molar-refractivity contribution in [2.75, 3.05) is 13.2 Å². The van der Waals surface area contributed by atoms with Gasteiger partial charge < -0.3 is 9.47 Å². The summed E-state index contributed by atoms with van der Waals surface area (Å²) in [6.07, 6.45) is 2.13. The van der Waals surface area contributed by atoms with Gasteiger partial charge in [-0.05, 0) is 12.5 Å². The molecular formula is C20H17NO4. The number of Topliss-reactive ketones (excluding diaryl/α,β-unsaturated/α-hetero) is 2. The molecular weight excluding hydrogens is 318 g/mol. The standard InChI is InChI=1S/C20H17NO4/c1-12-17(20(23)16-5-3-2-4-15(16)19(12)22)8-13-6-7-18(21-9-13)25-14-10-24-11-14/h2-7,9,14H,8,10-11H2,1H3. The van der Waals surface area contributed by atoms with Crippen molar-refractivity contribution in [1.82, 2.24) is 4.98 Å². The molecule has 0 atom stereocenters. The lowest BCUT2D eigenvalue weighted by molar-refractivity contribution is -0.0813. The van der Waals surface area contributed by atoms with E-state index < -0.39 is 0 Å². The molecule has 1 saturated heterocycles. The molecule has 0 unspecified atom stereocenters. The lowest BCUT2D eigenvalue weighted by atomic mass is 9.82. The highest BCUT2D eigenvalue weighted by Crippen LogP contribution is 2.28. The minimum Gasteiger partial charge on any atom is -0.469 e. The summed E-state index contributed by atoms with van der Waals surface area (Å²) in [4.78, 5) is 29.6. The van der Waals surface area contributed by atoms with E-state index in [0.717, 1.165) is 5.56 Å². The van der Waals surface area contributed by atoms with Gasteiger partial charge in [-0.3, -0.25) is 9.59 Å². The van der Waals surface area contributed by atoms with Crippen LogP contribution in [0.3, 0.4) is 0 Å². The van der Waals surface area contributed by atoms with Crippen LogP contribution in [0.5, 0.6) is 5.88 Å². The average molecular weight is 335 g/mol. The highest BCUT2D eigenvalue weighted by Gasteiger charge is 2.29. The smallest absolute Gasteiger partial charge is 0.213 e. The van der Waals surface area contributed by atoms with E-state index in [9.17, 15) is 9.59 Å². The molecule has 2 aliphatic rings. The number of carbonyl (C=O) groups excluding carboxylic acids is 2. The molecule has 5 nitrogen and oxygen atoms in total. The van der Waals surface area contributed by atoms with E-state index in [1.165, 1.54) is 0 Å². The van der Waals surface area contributed by atoms with Crippen LogP contribution in [-0.2, 0) is 11.2 Å². The SMILES string of the molecule is CC1=C(Cc2ccc(OC3COC3)nc2)C(=O)c2ccccc2C1=O. The lowest BCUT2D eigenvalue weighted by Crippen LogP contribution is -2.38. The molecule has 1 aliphatic carbocycles. The molecule has 1 aliphatic heterocycles. The van der Waals surface area contributed by atoms with Gasteiger partial charge in [0.15, 0.2) is 11.6 Å². The van der Waals surface area contributed by atoms with Crippen molar-refractivity contribution in [2.24, 2.45) is 0 Å². The number of ether oxygens (including phenoxy) is 2. The van der Waals surface area contributed by atoms with Crippen molar-refractivity contribution in [3.8, 4) is 5.88 Å². The topological polar surface area (TPSA) is 65.5 Å². The van der Waals surface area contributed by atoms with Crippen LogP contribution in [0, 0.1) is 0 Å². The number of hydrogen-bond donors (Lipinski definition) is 0. The van der Waals surface area contributed by atoms with E-state index in [4.69, 9.17) is 9.47 Å². The number of allylic oxidation sites excluding steroid dienone is 2. The normalized spacial score (nSPS) is 17.3. The van der Waals surface area contributed by atoms with Gasteiger partial charge in [0.2, 0.25) is 5.88 Å². The van der Waals surface area contributed by atoms with E-state index in [1.54, 1.807) is 43.5 Å². The van der Waals surface area contributed by atoms with Crippen LogP contribution in [0.15, 0.2) is 53.7 Å². The molecule has 0 N–H and O–H groups in total. The number of fused-ring (bicyclic) bond motifs is 1. The minimum atomic E-state index is -0.0837. The molecule has 1 fully saturated rings. The zero-order chi connectivity index (χ0) is 17.4. The van der Waals surface area contributed by atoms with Crippen molar-refractivity contribution in [2.45, 2.75) is 19.4 Å². The van der Waals surface area contributed by atoms with Crippen molar-refractivity contribution in [3.05, 3.63) is 70.4 Å². The molecule has 5 heteroatoms. The fraction of sp³-hybridized carbons (Fsp3) is 0.250. The van der Waals surface area contributed by atoms with Gasteiger partial charge in [0, 0.05) is 41.0 Å². The van der Waals surface area contributed by atoms with Gasteiger partial charge in [-0.25, -0.2) is 4.98 Å². The van der Waals surface area contributed by atoms with Gasteiger partial charge in [0.25, 0.3) is 0 Å². The average Bonchev–Trinajstić information content (AvgIpc) is 2.61. The molecule has 2 aromatic rings. The van der Waals surface area contributed by atoms with Crippen LogP contribution in [0.4, 0.5) is 0 Å². The fourth-order valence-corrected chi connectivity index (χ4v) is 3.01. The van der Waals surface area contributed by atoms with Gasteiger partial charge in [0.1, 0.15) is 6.10 Å². The van der Waals surface area contributed by atoms with Gasteiger partial charge in [-0.1, -0.05) is 30.3 Å². The Morgan fingerprint density at radius 3 is 2.40 bits per heavy atom. The number of pyridine rings is 1. The zero-order valence-electron chi connectivity index (χ0n) is 13.8. The lowest BCUT2D eigenvalue weighted by Gasteiger charge is -2.26. The zero-order valence-corrected chi connectivity index (χ0v) is 13.8. The van der Waals surface area contributed by atoms with E-state index in [-0.39, 0.29) is 17.7 Å². The number of nitrogens with zero attached hydrogens (tertiary/aromatic N) is 1. The largest absolute Gasteiger partial charge is 0.469 e. The third-order valence-electron chi connectivity index (χ3n) is 4.56. The number of carbonyl (C=O) groups is 2. The van der Waals surface area contributed by atoms with E-state index in [1.807, 2.05) is 6.07 Å². The van der Waals surface area contributed by atoms with Gasteiger partial charge >= 0.3 is 0 Å². The first-order chi connectivity index (χ1) is 12.1. The summed E-state index contributed by atoms with van der Waals surface area (Å²) in [5.74, 6) is 0.377. The van der Waals surface area contributed by atoms with Crippen LogP contribution in [0.2, 0.25) is 0 Å². The van der Waals surface area contributed by atoms with Crippen molar-refractivity contribution in [1.29, 1.82) is 0 Å². The number of benzene rings is 1. The molecule has 126 valence electrons. The molecule has 0 radical (unpaired) electrons. The van der Waals surface area contributed by atoms with Gasteiger partial charge in [-0.15, -0.1) is 0 Å². The van der Waals surface area contributed by atoms with Crippen molar-refractivity contribution in [3.63, 3.8) is 0 Å². The monoisotopic (exact) mass is 335 g/mol. The predicted octanol–water partition coefficient (Wildman–Crippen LogP) is 2.80.